The number of nitrogen functional groups attached to an aromatic ring is 1. The fourth-order valence-electron chi connectivity index (χ4n) is 4.04. The maximum atomic E-state index is 12.6. The number of aromatic nitrogens is 1. The molecule has 1 aliphatic rings. The number of fused-ring (bicyclic) bond motifs is 1. The Balaban J connectivity index is 1.45. The molecule has 2 aromatic carbocycles. The van der Waals surface area contributed by atoms with Gasteiger partial charge in [0.15, 0.2) is 5.78 Å². The highest BCUT2D eigenvalue weighted by molar-refractivity contribution is 5.96. The number of benzene rings is 2. The van der Waals surface area contributed by atoms with Gasteiger partial charge >= 0.3 is 0 Å². The number of aliphatic hydroxyl groups excluding tert-OH is 1. The van der Waals surface area contributed by atoms with E-state index >= 15 is 0 Å². The van der Waals surface area contributed by atoms with E-state index in [-0.39, 0.29) is 5.78 Å². The molecule has 0 radical (unpaired) electrons. The van der Waals surface area contributed by atoms with E-state index < -0.39 is 6.10 Å². The summed E-state index contributed by atoms with van der Waals surface area (Å²) < 4.78 is 0. The zero-order valence-electron chi connectivity index (χ0n) is 21.1. The van der Waals surface area contributed by atoms with Gasteiger partial charge in [0.05, 0.1) is 11.7 Å². The molecule has 0 aliphatic heterocycles. The topological polar surface area (TPSA) is 79.5 Å². The molecular weight excluding hydrogens is 446 g/mol. The Morgan fingerprint density at radius 1 is 1.08 bits per heavy atom. The Hall–Kier alpha value is -3.64. The molecule has 3 N–H and O–H groups in total. The van der Waals surface area contributed by atoms with Crippen molar-refractivity contribution in [2.24, 2.45) is 5.92 Å². The quantitative estimate of drug-likeness (QED) is 0.363. The first kappa shape index (κ1) is 25.5. The highest BCUT2D eigenvalue weighted by Gasteiger charge is 2.17. The summed E-state index contributed by atoms with van der Waals surface area (Å²) in [6, 6.07) is 13.3. The number of likely N-dealkylation sites (N-methyl/N-ethyl adjacent to an activating group) is 1. The molecule has 1 saturated carbocycles. The fraction of sp³-hybridized carbons (Fsp3) is 0.355. The molecule has 36 heavy (non-hydrogen) atoms. The predicted octanol–water partition coefficient (Wildman–Crippen LogP) is 4.64. The van der Waals surface area contributed by atoms with Gasteiger partial charge in [-0.15, -0.1) is 0 Å². The largest absolute Gasteiger partial charge is 0.392 e. The molecule has 5 heteroatoms. The molecule has 0 amide bonds. The standard InChI is InChI=1S/C31H33N3O2/c1-3-34(4-2)21-27(35)16-18-30(36)25-13-9-23(10-14-25)12-17-28-29-19-24(8-7-22-5-6-22)11-15-26(29)20-33-31(28)32/h9-11,13-15,19-20,22,27,35H,3-6,16,18,21H2,1-2H3,(H2,32,33). The molecule has 1 fully saturated rings. The number of hydrogen-bond donors (Lipinski definition) is 2. The van der Waals surface area contributed by atoms with Gasteiger partial charge in [0.25, 0.3) is 0 Å². The van der Waals surface area contributed by atoms with Crippen molar-refractivity contribution in [3.05, 3.63) is 70.9 Å². The van der Waals surface area contributed by atoms with E-state index in [1.165, 1.54) is 12.8 Å². The SMILES string of the molecule is CCN(CC)CC(O)CCC(=O)c1ccc(C#Cc2c(N)ncc3ccc(C#CC4CC4)cc23)cc1. The monoisotopic (exact) mass is 479 g/mol. The van der Waals surface area contributed by atoms with Crippen LogP contribution in [0.3, 0.4) is 0 Å². The van der Waals surface area contributed by atoms with Crippen LogP contribution in [0.15, 0.2) is 48.7 Å². The summed E-state index contributed by atoms with van der Waals surface area (Å²) in [6.45, 7) is 6.51. The minimum Gasteiger partial charge on any atom is -0.392 e. The lowest BCUT2D eigenvalue weighted by Crippen LogP contribution is -2.32. The van der Waals surface area contributed by atoms with Gasteiger partial charge in [-0.25, -0.2) is 4.98 Å². The van der Waals surface area contributed by atoms with Crippen molar-refractivity contribution in [2.45, 2.75) is 45.6 Å². The Labute approximate surface area is 213 Å². The molecule has 3 aromatic rings. The van der Waals surface area contributed by atoms with E-state index in [4.69, 9.17) is 5.73 Å². The molecule has 1 heterocycles. The van der Waals surface area contributed by atoms with Gasteiger partial charge in [-0.1, -0.05) is 55.7 Å². The number of rotatable bonds is 8. The van der Waals surface area contributed by atoms with Gasteiger partial charge in [0.2, 0.25) is 0 Å². The zero-order chi connectivity index (χ0) is 25.5. The number of nitrogens with two attached hydrogens (primary N) is 1. The van der Waals surface area contributed by atoms with Crippen LogP contribution in [0.5, 0.6) is 0 Å². The molecular formula is C31H33N3O2. The van der Waals surface area contributed by atoms with Crippen molar-refractivity contribution in [3.63, 3.8) is 0 Å². The molecule has 4 rings (SSSR count). The van der Waals surface area contributed by atoms with Gasteiger partial charge in [-0.2, -0.15) is 0 Å². The van der Waals surface area contributed by atoms with Crippen molar-refractivity contribution in [1.29, 1.82) is 0 Å². The number of anilines is 1. The Kier molecular flexibility index (Phi) is 8.39. The number of Topliss-reactive ketones (excluding diaryl/α,β-unsaturated/α-hetero) is 1. The molecule has 0 bridgehead atoms. The number of hydrogen-bond acceptors (Lipinski definition) is 5. The lowest BCUT2D eigenvalue weighted by molar-refractivity contribution is 0.0877. The molecule has 1 aromatic heterocycles. The van der Waals surface area contributed by atoms with Gasteiger partial charge in [0, 0.05) is 52.5 Å². The molecule has 0 spiro atoms. The fourth-order valence-corrected chi connectivity index (χ4v) is 4.04. The van der Waals surface area contributed by atoms with Crippen LogP contribution < -0.4 is 5.73 Å². The molecule has 184 valence electrons. The van der Waals surface area contributed by atoms with Crippen LogP contribution in [0.4, 0.5) is 5.82 Å². The van der Waals surface area contributed by atoms with Crippen LogP contribution in [0, 0.1) is 29.6 Å². The highest BCUT2D eigenvalue weighted by atomic mass is 16.3. The van der Waals surface area contributed by atoms with E-state index in [0.717, 1.165) is 35.0 Å². The average molecular weight is 480 g/mol. The first-order valence-electron chi connectivity index (χ1n) is 12.7. The first-order chi connectivity index (χ1) is 17.5. The number of carbonyl (C=O) groups is 1. The van der Waals surface area contributed by atoms with E-state index in [9.17, 15) is 9.90 Å². The summed E-state index contributed by atoms with van der Waals surface area (Å²) >= 11 is 0. The number of nitrogens with zero attached hydrogens (tertiary/aromatic N) is 2. The van der Waals surface area contributed by atoms with Gasteiger partial charge in [-0.3, -0.25) is 4.79 Å². The smallest absolute Gasteiger partial charge is 0.162 e. The summed E-state index contributed by atoms with van der Waals surface area (Å²) in [5, 5.41) is 12.1. The third-order valence-electron chi connectivity index (χ3n) is 6.53. The normalized spacial score (nSPS) is 13.6. The van der Waals surface area contributed by atoms with E-state index in [2.05, 4.69) is 47.4 Å². The lowest BCUT2D eigenvalue weighted by Gasteiger charge is -2.21. The molecule has 0 saturated heterocycles. The van der Waals surface area contributed by atoms with Crippen LogP contribution in [0.25, 0.3) is 10.8 Å². The number of aliphatic hydroxyl groups is 1. The van der Waals surface area contributed by atoms with Gasteiger partial charge in [-0.05, 0) is 56.6 Å². The zero-order valence-corrected chi connectivity index (χ0v) is 21.1. The van der Waals surface area contributed by atoms with Crippen molar-refractivity contribution in [3.8, 4) is 23.7 Å². The lowest BCUT2D eigenvalue weighted by atomic mass is 10.0. The van der Waals surface area contributed by atoms with Crippen LogP contribution in [-0.2, 0) is 0 Å². The molecule has 1 aliphatic carbocycles. The van der Waals surface area contributed by atoms with Crippen molar-refractivity contribution < 1.29 is 9.90 Å². The minimum atomic E-state index is -0.501. The van der Waals surface area contributed by atoms with Gasteiger partial charge < -0.3 is 15.7 Å². The first-order valence-corrected chi connectivity index (χ1v) is 12.7. The Bertz CT molecular complexity index is 1350. The molecule has 1 unspecified atom stereocenters. The Morgan fingerprint density at radius 2 is 1.81 bits per heavy atom. The van der Waals surface area contributed by atoms with Crippen LogP contribution >= 0.6 is 0 Å². The second-order valence-electron chi connectivity index (χ2n) is 9.29. The van der Waals surface area contributed by atoms with Crippen molar-refractivity contribution in [2.75, 3.05) is 25.4 Å². The number of ketones is 1. The van der Waals surface area contributed by atoms with E-state index in [1.807, 2.05) is 30.3 Å². The molecule has 1 atom stereocenters. The number of pyridine rings is 1. The van der Waals surface area contributed by atoms with Crippen LogP contribution in [-0.4, -0.2) is 46.5 Å². The van der Waals surface area contributed by atoms with Gasteiger partial charge in [0.1, 0.15) is 5.82 Å². The van der Waals surface area contributed by atoms with Crippen LogP contribution in [0.1, 0.15) is 66.6 Å². The van der Waals surface area contributed by atoms with Crippen molar-refractivity contribution >= 4 is 22.4 Å². The maximum absolute atomic E-state index is 12.6. The second-order valence-corrected chi connectivity index (χ2v) is 9.29. The third-order valence-corrected chi connectivity index (χ3v) is 6.53. The maximum Gasteiger partial charge on any atom is 0.162 e. The number of carbonyl (C=O) groups excluding carboxylic acids is 1. The van der Waals surface area contributed by atoms with Crippen LogP contribution in [0.2, 0.25) is 0 Å². The summed E-state index contributed by atoms with van der Waals surface area (Å²) in [5.74, 6) is 13.8. The van der Waals surface area contributed by atoms with E-state index in [0.29, 0.717) is 42.2 Å². The highest BCUT2D eigenvalue weighted by Crippen LogP contribution is 2.28. The second kappa shape index (κ2) is 11.9. The summed E-state index contributed by atoms with van der Waals surface area (Å²) in [6.07, 6.45) is 4.41. The Morgan fingerprint density at radius 3 is 2.50 bits per heavy atom. The molecule has 5 nitrogen and oxygen atoms in total. The van der Waals surface area contributed by atoms with Crippen molar-refractivity contribution in [1.82, 2.24) is 9.88 Å². The summed E-state index contributed by atoms with van der Waals surface area (Å²) in [5.41, 5.74) is 9.23. The predicted molar refractivity (Wildman–Crippen MR) is 146 cm³/mol. The van der Waals surface area contributed by atoms with E-state index in [1.54, 1.807) is 18.3 Å². The summed E-state index contributed by atoms with van der Waals surface area (Å²) in [4.78, 5) is 19.1. The average Bonchev–Trinajstić information content (AvgIpc) is 3.73. The summed E-state index contributed by atoms with van der Waals surface area (Å²) in [7, 11) is 0. The minimum absolute atomic E-state index is 0.0236. The third kappa shape index (κ3) is 6.73.